The number of hydrogen-bond acceptors (Lipinski definition) is 4. The molecule has 1 aromatic carbocycles. The first-order chi connectivity index (χ1) is 10.2. The van der Waals surface area contributed by atoms with Crippen LogP contribution < -0.4 is 5.32 Å². The number of nitrogens with zero attached hydrogens (tertiary/aromatic N) is 1. The summed E-state index contributed by atoms with van der Waals surface area (Å²) in [5.74, 6) is 1.78. The first-order valence-electron chi connectivity index (χ1n) is 7.05. The predicted octanol–water partition coefficient (Wildman–Crippen LogP) is 4.28. The van der Waals surface area contributed by atoms with Gasteiger partial charge in [-0.3, -0.25) is 4.79 Å². The summed E-state index contributed by atoms with van der Waals surface area (Å²) in [6.45, 7) is 4.11. The normalized spacial score (nSPS) is 10.6. The molecule has 0 saturated heterocycles. The second-order valence-electron chi connectivity index (χ2n) is 4.72. The zero-order valence-corrected chi connectivity index (χ0v) is 14.0. The lowest BCUT2D eigenvalue weighted by molar-refractivity contribution is -0.115. The highest BCUT2D eigenvalue weighted by Gasteiger charge is 2.06. The van der Waals surface area contributed by atoms with Crippen LogP contribution in [-0.2, 0) is 17.0 Å². The summed E-state index contributed by atoms with van der Waals surface area (Å²) < 4.78 is 0. The third-order valence-electron chi connectivity index (χ3n) is 3.06. The molecule has 112 valence electrons. The second kappa shape index (κ2) is 8.20. The van der Waals surface area contributed by atoms with Crippen molar-refractivity contribution in [1.82, 2.24) is 4.98 Å². The van der Waals surface area contributed by atoms with Crippen molar-refractivity contribution >= 4 is 34.7 Å². The first kappa shape index (κ1) is 16.0. The minimum atomic E-state index is 0.0814. The van der Waals surface area contributed by atoms with Crippen LogP contribution in [0.2, 0.25) is 0 Å². The molecular formula is C16H20N2OS2. The minimum absolute atomic E-state index is 0.0814. The fourth-order valence-electron chi connectivity index (χ4n) is 1.98. The van der Waals surface area contributed by atoms with Gasteiger partial charge in [-0.25, -0.2) is 4.98 Å². The van der Waals surface area contributed by atoms with Gasteiger partial charge in [-0.05, 0) is 25.0 Å². The number of rotatable bonds is 7. The van der Waals surface area contributed by atoms with E-state index in [1.807, 2.05) is 25.1 Å². The van der Waals surface area contributed by atoms with Crippen molar-refractivity contribution in [3.05, 3.63) is 45.9 Å². The summed E-state index contributed by atoms with van der Waals surface area (Å²) in [7, 11) is 0. The van der Waals surface area contributed by atoms with E-state index in [2.05, 4.69) is 28.7 Å². The number of carbonyl (C=O) groups is 1. The van der Waals surface area contributed by atoms with Gasteiger partial charge in [0.15, 0.2) is 0 Å². The zero-order chi connectivity index (χ0) is 15.1. The Morgan fingerprint density at radius 3 is 2.90 bits per heavy atom. The van der Waals surface area contributed by atoms with E-state index in [1.54, 1.807) is 23.1 Å². The van der Waals surface area contributed by atoms with E-state index in [-0.39, 0.29) is 5.91 Å². The molecule has 1 N–H and O–H groups in total. The molecule has 1 amide bonds. The predicted molar refractivity (Wildman–Crippen MR) is 92.1 cm³/mol. The molecule has 0 unspecified atom stereocenters. The number of hydrogen-bond donors (Lipinski definition) is 1. The molecule has 2 rings (SSSR count). The Morgan fingerprint density at radius 1 is 1.38 bits per heavy atom. The first-order valence-corrected chi connectivity index (χ1v) is 9.09. The molecule has 1 heterocycles. The molecule has 0 saturated carbocycles. The molecule has 0 spiro atoms. The van der Waals surface area contributed by atoms with Crippen LogP contribution in [0.1, 0.15) is 29.6 Å². The number of amides is 1. The van der Waals surface area contributed by atoms with Crippen molar-refractivity contribution in [2.75, 3.05) is 11.1 Å². The molecule has 0 atom stereocenters. The SMILES string of the molecule is CCc1ccccc1NC(=O)CCSCc1csc(C)n1. The standard InChI is InChI=1S/C16H20N2OS2/c1-3-13-6-4-5-7-15(13)18-16(19)8-9-20-10-14-11-21-12(2)17-14/h4-7,11H,3,8-10H2,1-2H3,(H,18,19). The quantitative estimate of drug-likeness (QED) is 0.774. The maximum Gasteiger partial charge on any atom is 0.225 e. The molecule has 0 aliphatic carbocycles. The molecule has 0 aliphatic heterocycles. The van der Waals surface area contributed by atoms with Gasteiger partial charge in [-0.1, -0.05) is 25.1 Å². The topological polar surface area (TPSA) is 42.0 Å². The van der Waals surface area contributed by atoms with E-state index in [1.165, 1.54) is 5.56 Å². The third-order valence-corrected chi connectivity index (χ3v) is 4.88. The van der Waals surface area contributed by atoms with Crippen molar-refractivity contribution in [2.24, 2.45) is 0 Å². The van der Waals surface area contributed by atoms with Crippen LogP contribution in [0.3, 0.4) is 0 Å². The summed E-state index contributed by atoms with van der Waals surface area (Å²) in [6, 6.07) is 7.96. The number of carbonyl (C=O) groups excluding carboxylic acids is 1. The summed E-state index contributed by atoms with van der Waals surface area (Å²) >= 11 is 3.42. The Morgan fingerprint density at radius 2 is 2.19 bits per heavy atom. The smallest absolute Gasteiger partial charge is 0.225 e. The fourth-order valence-corrected chi connectivity index (χ4v) is 3.53. The maximum absolute atomic E-state index is 12.0. The van der Waals surface area contributed by atoms with Crippen LogP contribution in [0.5, 0.6) is 0 Å². The number of thioether (sulfide) groups is 1. The van der Waals surface area contributed by atoms with E-state index in [9.17, 15) is 4.79 Å². The lowest BCUT2D eigenvalue weighted by Gasteiger charge is -2.09. The average Bonchev–Trinajstić information content (AvgIpc) is 2.90. The monoisotopic (exact) mass is 320 g/mol. The van der Waals surface area contributed by atoms with E-state index in [4.69, 9.17) is 0 Å². The Hall–Kier alpha value is -1.33. The summed E-state index contributed by atoms with van der Waals surface area (Å²) in [5, 5.41) is 6.18. The van der Waals surface area contributed by atoms with E-state index in [0.717, 1.165) is 34.3 Å². The Labute approximate surface area is 134 Å². The van der Waals surface area contributed by atoms with Crippen LogP contribution >= 0.6 is 23.1 Å². The number of anilines is 1. The highest BCUT2D eigenvalue weighted by atomic mass is 32.2. The molecule has 21 heavy (non-hydrogen) atoms. The van der Waals surface area contributed by atoms with Crippen LogP contribution in [0.15, 0.2) is 29.6 Å². The van der Waals surface area contributed by atoms with E-state index >= 15 is 0 Å². The minimum Gasteiger partial charge on any atom is -0.326 e. The molecule has 0 bridgehead atoms. The molecular weight excluding hydrogens is 300 g/mol. The molecule has 5 heteroatoms. The highest BCUT2D eigenvalue weighted by Crippen LogP contribution is 2.18. The summed E-state index contributed by atoms with van der Waals surface area (Å²) in [5.41, 5.74) is 3.22. The summed E-state index contributed by atoms with van der Waals surface area (Å²) in [4.78, 5) is 16.4. The van der Waals surface area contributed by atoms with Gasteiger partial charge in [0.05, 0.1) is 10.7 Å². The van der Waals surface area contributed by atoms with Crippen LogP contribution in [-0.4, -0.2) is 16.6 Å². The van der Waals surface area contributed by atoms with Crippen molar-refractivity contribution in [3.63, 3.8) is 0 Å². The molecule has 3 nitrogen and oxygen atoms in total. The van der Waals surface area contributed by atoms with Crippen molar-refractivity contribution in [1.29, 1.82) is 0 Å². The number of benzene rings is 1. The van der Waals surface area contributed by atoms with Gasteiger partial charge in [-0.2, -0.15) is 11.8 Å². The van der Waals surface area contributed by atoms with Gasteiger partial charge in [0.25, 0.3) is 0 Å². The summed E-state index contributed by atoms with van der Waals surface area (Å²) in [6.07, 6.45) is 1.46. The van der Waals surface area contributed by atoms with Crippen molar-refractivity contribution < 1.29 is 4.79 Å². The van der Waals surface area contributed by atoms with Crippen molar-refractivity contribution in [2.45, 2.75) is 32.4 Å². The zero-order valence-electron chi connectivity index (χ0n) is 12.4. The van der Waals surface area contributed by atoms with Crippen molar-refractivity contribution in [3.8, 4) is 0 Å². The lowest BCUT2D eigenvalue weighted by Crippen LogP contribution is -2.13. The highest BCUT2D eigenvalue weighted by molar-refractivity contribution is 7.98. The largest absolute Gasteiger partial charge is 0.326 e. The molecule has 1 aromatic heterocycles. The van der Waals surface area contributed by atoms with Gasteiger partial charge < -0.3 is 5.32 Å². The molecule has 2 aromatic rings. The maximum atomic E-state index is 12.0. The lowest BCUT2D eigenvalue weighted by atomic mass is 10.1. The number of aryl methyl sites for hydroxylation is 2. The fraction of sp³-hybridized carbons (Fsp3) is 0.375. The molecule has 0 fully saturated rings. The Balaban J connectivity index is 1.72. The van der Waals surface area contributed by atoms with E-state index in [0.29, 0.717) is 6.42 Å². The van der Waals surface area contributed by atoms with Crippen LogP contribution in [0.25, 0.3) is 0 Å². The number of nitrogens with one attached hydrogen (secondary N) is 1. The van der Waals surface area contributed by atoms with Gasteiger partial charge in [-0.15, -0.1) is 11.3 Å². The number of para-hydroxylation sites is 1. The van der Waals surface area contributed by atoms with Crippen LogP contribution in [0, 0.1) is 6.92 Å². The molecule has 0 radical (unpaired) electrons. The van der Waals surface area contributed by atoms with Gasteiger partial charge in [0, 0.05) is 29.0 Å². The Kier molecular flexibility index (Phi) is 6.26. The second-order valence-corrected chi connectivity index (χ2v) is 6.89. The van der Waals surface area contributed by atoms with Crippen LogP contribution in [0.4, 0.5) is 5.69 Å². The average molecular weight is 320 g/mol. The number of thiazole rings is 1. The third kappa shape index (κ3) is 5.17. The van der Waals surface area contributed by atoms with Gasteiger partial charge in [0.2, 0.25) is 5.91 Å². The Bertz CT molecular complexity index is 595. The van der Waals surface area contributed by atoms with Gasteiger partial charge in [0.1, 0.15) is 0 Å². The van der Waals surface area contributed by atoms with Gasteiger partial charge >= 0.3 is 0 Å². The molecule has 0 aliphatic rings. The number of aromatic nitrogens is 1. The van der Waals surface area contributed by atoms with E-state index < -0.39 is 0 Å².